The van der Waals surface area contributed by atoms with Gasteiger partial charge in [-0.05, 0) is 39.8 Å². The number of hydrogen-bond acceptors (Lipinski definition) is 5. The van der Waals surface area contributed by atoms with Crippen molar-refractivity contribution >= 4 is 5.97 Å². The maximum atomic E-state index is 12.0. The van der Waals surface area contributed by atoms with Gasteiger partial charge in [-0.1, -0.05) is 12.2 Å². The summed E-state index contributed by atoms with van der Waals surface area (Å²) in [5.41, 5.74) is 0.393. The van der Waals surface area contributed by atoms with Crippen LogP contribution in [-0.2, 0) is 9.53 Å². The second-order valence-electron chi connectivity index (χ2n) is 5.35. The fourth-order valence-electron chi connectivity index (χ4n) is 1.89. The van der Waals surface area contributed by atoms with E-state index in [2.05, 4.69) is 15.5 Å². The summed E-state index contributed by atoms with van der Waals surface area (Å²) in [5.74, 6) is -0.265. The van der Waals surface area contributed by atoms with E-state index in [1.807, 2.05) is 32.9 Å². The molecule has 1 N–H and O–H groups in total. The summed E-state index contributed by atoms with van der Waals surface area (Å²) in [6, 6.07) is 0. The van der Waals surface area contributed by atoms with E-state index in [4.69, 9.17) is 4.74 Å². The third kappa shape index (κ3) is 2.75. The van der Waals surface area contributed by atoms with Crippen molar-refractivity contribution in [3.05, 3.63) is 35.7 Å². The average Bonchev–Trinajstić information content (AvgIpc) is 2.50. The van der Waals surface area contributed by atoms with Crippen LogP contribution in [0.4, 0.5) is 0 Å². The first kappa shape index (κ1) is 13.5. The van der Waals surface area contributed by atoms with Gasteiger partial charge in [-0.2, -0.15) is 10.2 Å². The Morgan fingerprint density at radius 2 is 2.00 bits per heavy atom. The van der Waals surface area contributed by atoms with Gasteiger partial charge in [0.1, 0.15) is 16.8 Å². The minimum absolute atomic E-state index is 0.265. The number of carbonyl (C=O) groups excluding carboxylic acids is 1. The lowest BCUT2D eigenvalue weighted by Crippen LogP contribution is -2.38. The maximum absolute atomic E-state index is 12.0. The van der Waals surface area contributed by atoms with Crippen LogP contribution in [0, 0.1) is 5.41 Å². The number of hydrogen-bond donors (Lipinski definition) is 1. The number of carbonyl (C=O) groups is 1. The fraction of sp³-hybridized carbons (Fsp3) is 0.500. The zero-order chi connectivity index (χ0) is 14.1. The van der Waals surface area contributed by atoms with Crippen LogP contribution in [0.15, 0.2) is 45.9 Å². The number of rotatable bonds is 2. The molecule has 1 aliphatic carbocycles. The third-order valence-corrected chi connectivity index (χ3v) is 3.02. The third-order valence-electron chi connectivity index (χ3n) is 3.02. The Balaban J connectivity index is 2.29. The van der Waals surface area contributed by atoms with E-state index in [0.29, 0.717) is 6.61 Å². The van der Waals surface area contributed by atoms with Crippen molar-refractivity contribution in [2.75, 3.05) is 6.61 Å². The first-order valence-corrected chi connectivity index (χ1v) is 6.37. The molecule has 0 aromatic rings. The number of esters is 1. The Hall–Kier alpha value is -1.91. The molecule has 0 amide bonds. The zero-order valence-electron chi connectivity index (χ0n) is 11.7. The van der Waals surface area contributed by atoms with Crippen molar-refractivity contribution in [2.24, 2.45) is 15.6 Å². The van der Waals surface area contributed by atoms with E-state index in [1.54, 1.807) is 19.1 Å². The fourth-order valence-corrected chi connectivity index (χ4v) is 1.89. The molecule has 2 aliphatic rings. The molecule has 1 heterocycles. The molecule has 0 aromatic carbocycles. The predicted octanol–water partition coefficient (Wildman–Crippen LogP) is 2.68. The van der Waals surface area contributed by atoms with Crippen molar-refractivity contribution in [1.82, 2.24) is 5.32 Å². The molecule has 2 rings (SSSR count). The van der Waals surface area contributed by atoms with Gasteiger partial charge in [0.2, 0.25) is 0 Å². The highest BCUT2D eigenvalue weighted by molar-refractivity contribution is 5.81. The van der Waals surface area contributed by atoms with Crippen LogP contribution in [0.3, 0.4) is 0 Å². The molecule has 1 aliphatic heterocycles. The molecule has 0 saturated carbocycles. The van der Waals surface area contributed by atoms with Crippen LogP contribution in [0.1, 0.15) is 27.7 Å². The SMILES string of the molecule is CCOC(=O)[C@]1(C)C=CC2=C(C=C1)NC(C)(C)N=N2. The van der Waals surface area contributed by atoms with Gasteiger partial charge < -0.3 is 10.1 Å². The smallest absolute Gasteiger partial charge is 0.319 e. The largest absolute Gasteiger partial charge is 0.465 e. The van der Waals surface area contributed by atoms with Gasteiger partial charge in [0.05, 0.1) is 12.3 Å². The van der Waals surface area contributed by atoms with Crippen molar-refractivity contribution < 1.29 is 9.53 Å². The van der Waals surface area contributed by atoms with Gasteiger partial charge in [0, 0.05) is 0 Å². The molecule has 0 fully saturated rings. The predicted molar refractivity (Wildman–Crippen MR) is 72.1 cm³/mol. The molecule has 19 heavy (non-hydrogen) atoms. The Labute approximate surface area is 113 Å². The Kier molecular flexibility index (Phi) is 3.30. The van der Waals surface area contributed by atoms with E-state index in [0.717, 1.165) is 11.4 Å². The Morgan fingerprint density at radius 3 is 2.68 bits per heavy atom. The highest BCUT2D eigenvalue weighted by Crippen LogP contribution is 2.30. The van der Waals surface area contributed by atoms with E-state index < -0.39 is 11.1 Å². The van der Waals surface area contributed by atoms with E-state index >= 15 is 0 Å². The van der Waals surface area contributed by atoms with Gasteiger partial charge in [-0.15, -0.1) is 0 Å². The van der Waals surface area contributed by atoms with Crippen molar-refractivity contribution in [1.29, 1.82) is 0 Å². The quantitative estimate of drug-likeness (QED) is 0.777. The van der Waals surface area contributed by atoms with Crippen LogP contribution in [0.25, 0.3) is 0 Å². The molecule has 0 bridgehead atoms. The molecule has 0 unspecified atom stereocenters. The summed E-state index contributed by atoms with van der Waals surface area (Å²) >= 11 is 0. The molecular formula is C14H19N3O2. The summed E-state index contributed by atoms with van der Waals surface area (Å²) in [6.45, 7) is 7.86. The van der Waals surface area contributed by atoms with E-state index in [1.165, 1.54) is 0 Å². The summed E-state index contributed by atoms with van der Waals surface area (Å²) in [6.07, 6.45) is 7.29. The average molecular weight is 261 g/mol. The monoisotopic (exact) mass is 261 g/mol. The molecule has 102 valence electrons. The Morgan fingerprint density at radius 1 is 1.32 bits per heavy atom. The van der Waals surface area contributed by atoms with Gasteiger partial charge >= 0.3 is 5.97 Å². The van der Waals surface area contributed by atoms with Gasteiger partial charge in [-0.25, -0.2) is 0 Å². The minimum atomic E-state index is -0.769. The molecule has 0 saturated heterocycles. The second kappa shape index (κ2) is 4.64. The van der Waals surface area contributed by atoms with Crippen molar-refractivity contribution in [3.63, 3.8) is 0 Å². The zero-order valence-corrected chi connectivity index (χ0v) is 11.7. The van der Waals surface area contributed by atoms with Crippen LogP contribution in [0.5, 0.6) is 0 Å². The number of allylic oxidation sites excluding steroid dienone is 2. The van der Waals surface area contributed by atoms with Gasteiger partial charge in [0.25, 0.3) is 0 Å². The van der Waals surface area contributed by atoms with Crippen molar-refractivity contribution in [3.8, 4) is 0 Å². The molecule has 0 aromatic heterocycles. The summed E-state index contributed by atoms with van der Waals surface area (Å²) < 4.78 is 5.10. The van der Waals surface area contributed by atoms with Gasteiger partial charge in [-0.3, -0.25) is 4.79 Å². The minimum Gasteiger partial charge on any atom is -0.465 e. The first-order chi connectivity index (χ1) is 8.86. The molecule has 5 heteroatoms. The van der Waals surface area contributed by atoms with Crippen LogP contribution in [-0.4, -0.2) is 18.2 Å². The second-order valence-corrected chi connectivity index (χ2v) is 5.35. The molecular weight excluding hydrogens is 242 g/mol. The number of azo groups is 1. The lowest BCUT2D eigenvalue weighted by molar-refractivity contribution is -0.149. The Bertz CT molecular complexity index is 515. The maximum Gasteiger partial charge on any atom is 0.319 e. The number of nitrogens with one attached hydrogen (secondary N) is 1. The molecule has 1 atom stereocenters. The standard InChI is InChI=1S/C14H19N3O2/c1-5-19-12(18)14(4)8-6-10-11(7-9-14)16-17-13(2,3)15-10/h6-9,15H,5H2,1-4H3/t14-/m0/s1. The number of nitrogens with zero attached hydrogens (tertiary/aromatic N) is 2. The lowest BCUT2D eigenvalue weighted by Gasteiger charge is -2.26. The number of ether oxygens (including phenoxy) is 1. The van der Waals surface area contributed by atoms with Crippen LogP contribution < -0.4 is 5.32 Å². The summed E-state index contributed by atoms with van der Waals surface area (Å²) in [4.78, 5) is 12.0. The van der Waals surface area contributed by atoms with Gasteiger partial charge in [0.15, 0.2) is 0 Å². The van der Waals surface area contributed by atoms with Crippen LogP contribution in [0.2, 0.25) is 0 Å². The van der Waals surface area contributed by atoms with Crippen LogP contribution >= 0.6 is 0 Å². The molecule has 0 spiro atoms. The highest BCUT2D eigenvalue weighted by atomic mass is 16.5. The summed E-state index contributed by atoms with van der Waals surface area (Å²) in [5, 5.41) is 11.6. The summed E-state index contributed by atoms with van der Waals surface area (Å²) in [7, 11) is 0. The molecule has 0 radical (unpaired) electrons. The van der Waals surface area contributed by atoms with Crippen molar-refractivity contribution in [2.45, 2.75) is 33.4 Å². The first-order valence-electron chi connectivity index (χ1n) is 6.37. The van der Waals surface area contributed by atoms with E-state index in [9.17, 15) is 4.79 Å². The highest BCUT2D eigenvalue weighted by Gasteiger charge is 2.32. The topological polar surface area (TPSA) is 63.0 Å². The molecule has 5 nitrogen and oxygen atoms in total. The lowest BCUT2D eigenvalue weighted by atomic mass is 9.90. The normalized spacial score (nSPS) is 27.6. The van der Waals surface area contributed by atoms with E-state index in [-0.39, 0.29) is 5.97 Å².